The molecular weight excluding hydrogens is 284 g/mol. The van der Waals surface area contributed by atoms with Crippen molar-refractivity contribution < 1.29 is 9.32 Å². The monoisotopic (exact) mass is 302 g/mol. The molecule has 0 aliphatic carbocycles. The Morgan fingerprint density at radius 3 is 2.90 bits per heavy atom. The van der Waals surface area contributed by atoms with Gasteiger partial charge in [0.15, 0.2) is 5.82 Å². The highest BCUT2D eigenvalue weighted by atomic mass is 32.2. The molecule has 1 amide bonds. The van der Waals surface area contributed by atoms with Gasteiger partial charge in [0.2, 0.25) is 5.91 Å². The third-order valence-electron chi connectivity index (χ3n) is 2.69. The Morgan fingerprint density at radius 1 is 1.38 bits per heavy atom. The van der Waals surface area contributed by atoms with E-state index in [9.17, 15) is 4.79 Å². The van der Waals surface area contributed by atoms with Gasteiger partial charge in [-0.3, -0.25) is 4.79 Å². The number of benzene rings is 1. The molecule has 0 saturated carbocycles. The molecule has 0 aliphatic rings. The summed E-state index contributed by atoms with van der Waals surface area (Å²) in [6.45, 7) is 1.79. The molecule has 2 rings (SSSR count). The van der Waals surface area contributed by atoms with Gasteiger partial charge in [-0.2, -0.15) is 11.8 Å². The number of hydrogen-bond acceptors (Lipinski definition) is 4. The van der Waals surface area contributed by atoms with E-state index in [1.54, 1.807) is 24.8 Å². The van der Waals surface area contributed by atoms with Crippen LogP contribution < -0.4 is 5.32 Å². The summed E-state index contributed by atoms with van der Waals surface area (Å²) in [5, 5.41) is 6.43. The van der Waals surface area contributed by atoms with Gasteiger partial charge in [-0.05, 0) is 12.5 Å². The summed E-state index contributed by atoms with van der Waals surface area (Å²) >= 11 is 1.73. The second-order valence-electron chi connectivity index (χ2n) is 4.51. The van der Waals surface area contributed by atoms with Crippen LogP contribution in [0.1, 0.15) is 17.7 Å². The van der Waals surface area contributed by atoms with Gasteiger partial charge in [0.05, 0.1) is 0 Å². The first kappa shape index (κ1) is 15.4. The lowest BCUT2D eigenvalue weighted by molar-refractivity contribution is -0.115. The van der Waals surface area contributed by atoms with E-state index in [0.29, 0.717) is 18.0 Å². The summed E-state index contributed by atoms with van der Waals surface area (Å²) in [5.41, 5.74) is 1.19. The molecule has 0 unspecified atom stereocenters. The molecule has 0 fully saturated rings. The zero-order valence-corrected chi connectivity index (χ0v) is 12.7. The van der Waals surface area contributed by atoms with Crippen LogP contribution in [0.2, 0.25) is 0 Å². The number of carbonyl (C=O) groups is 1. The molecule has 0 bridgehead atoms. The van der Waals surface area contributed by atoms with E-state index in [1.165, 1.54) is 5.56 Å². The summed E-state index contributed by atoms with van der Waals surface area (Å²) in [5.74, 6) is 2.80. The predicted molar refractivity (Wildman–Crippen MR) is 87.3 cm³/mol. The van der Waals surface area contributed by atoms with Crippen molar-refractivity contribution in [2.24, 2.45) is 0 Å². The lowest BCUT2D eigenvalue weighted by Gasteiger charge is -2.00. The lowest BCUT2D eigenvalue weighted by Crippen LogP contribution is -2.12. The summed E-state index contributed by atoms with van der Waals surface area (Å²) in [4.78, 5) is 11.7. The van der Waals surface area contributed by atoms with Crippen LogP contribution in [0.15, 0.2) is 47.0 Å². The fraction of sp³-hybridized carbons (Fsp3) is 0.250. The van der Waals surface area contributed by atoms with Crippen molar-refractivity contribution >= 4 is 29.6 Å². The first-order valence-corrected chi connectivity index (χ1v) is 7.92. The minimum atomic E-state index is -0.0390. The molecule has 5 heteroatoms. The highest BCUT2D eigenvalue weighted by molar-refractivity contribution is 7.99. The van der Waals surface area contributed by atoms with Gasteiger partial charge in [-0.25, -0.2) is 0 Å². The topological polar surface area (TPSA) is 55.1 Å². The van der Waals surface area contributed by atoms with Crippen LogP contribution in [-0.2, 0) is 4.79 Å². The first-order valence-electron chi connectivity index (χ1n) is 6.76. The van der Waals surface area contributed by atoms with Crippen molar-refractivity contribution in [1.82, 2.24) is 5.16 Å². The molecule has 1 aromatic heterocycles. The number of thioether (sulfide) groups is 1. The van der Waals surface area contributed by atoms with E-state index in [-0.39, 0.29) is 5.91 Å². The Hall–Kier alpha value is -2.01. The molecule has 2 aromatic rings. The van der Waals surface area contributed by atoms with Crippen molar-refractivity contribution in [2.75, 3.05) is 16.8 Å². The minimum Gasteiger partial charge on any atom is -0.360 e. The zero-order chi connectivity index (χ0) is 14.9. The maximum atomic E-state index is 11.7. The Morgan fingerprint density at radius 2 is 2.19 bits per heavy atom. The van der Waals surface area contributed by atoms with Gasteiger partial charge in [0.1, 0.15) is 5.76 Å². The van der Waals surface area contributed by atoms with Crippen LogP contribution in [0.5, 0.6) is 0 Å². The van der Waals surface area contributed by atoms with E-state index in [0.717, 1.165) is 11.5 Å². The van der Waals surface area contributed by atoms with E-state index < -0.39 is 0 Å². The number of hydrogen-bond donors (Lipinski definition) is 1. The fourth-order valence-electron chi connectivity index (χ4n) is 1.70. The van der Waals surface area contributed by atoms with Crippen LogP contribution in [0.3, 0.4) is 0 Å². The van der Waals surface area contributed by atoms with Gasteiger partial charge in [0.25, 0.3) is 0 Å². The molecule has 0 saturated heterocycles. The molecule has 1 aromatic carbocycles. The maximum Gasteiger partial charge on any atom is 0.226 e. The van der Waals surface area contributed by atoms with Crippen LogP contribution >= 0.6 is 11.8 Å². The second kappa shape index (κ2) is 8.32. The van der Waals surface area contributed by atoms with Gasteiger partial charge >= 0.3 is 0 Å². The molecular formula is C16H18N2O2S. The summed E-state index contributed by atoms with van der Waals surface area (Å²) < 4.78 is 4.89. The van der Waals surface area contributed by atoms with Gasteiger partial charge in [0, 0.05) is 24.0 Å². The quantitative estimate of drug-likeness (QED) is 0.791. The molecule has 4 nitrogen and oxygen atoms in total. The predicted octanol–water partition coefficient (Wildman–Crippen LogP) is 3.76. The van der Waals surface area contributed by atoms with Crippen LogP contribution in [0, 0.1) is 6.92 Å². The molecule has 0 atom stereocenters. The number of aromatic nitrogens is 1. The third kappa shape index (κ3) is 5.87. The number of nitrogens with one attached hydrogen (secondary N) is 1. The summed E-state index contributed by atoms with van der Waals surface area (Å²) in [6.07, 6.45) is 4.67. The maximum absolute atomic E-state index is 11.7. The van der Waals surface area contributed by atoms with E-state index in [2.05, 4.69) is 34.8 Å². The van der Waals surface area contributed by atoms with Crippen LogP contribution in [-0.4, -0.2) is 22.6 Å². The Balaban J connectivity index is 1.59. The van der Waals surface area contributed by atoms with E-state index >= 15 is 0 Å². The van der Waals surface area contributed by atoms with Gasteiger partial charge < -0.3 is 9.84 Å². The van der Waals surface area contributed by atoms with Gasteiger partial charge in [-0.15, -0.1) is 0 Å². The SMILES string of the molecule is Cc1cc(NC(=O)CCSCC=Cc2ccccc2)no1. The number of amides is 1. The number of aryl methyl sites for hydroxylation is 1. The molecule has 0 aliphatic heterocycles. The number of anilines is 1. The molecule has 110 valence electrons. The van der Waals surface area contributed by atoms with E-state index in [1.807, 2.05) is 18.2 Å². The normalized spacial score (nSPS) is 10.9. The van der Waals surface area contributed by atoms with Gasteiger partial charge in [-0.1, -0.05) is 47.6 Å². The Labute approximate surface area is 128 Å². The summed E-state index contributed by atoms with van der Waals surface area (Å²) in [7, 11) is 0. The largest absolute Gasteiger partial charge is 0.360 e. The van der Waals surface area contributed by atoms with E-state index in [4.69, 9.17) is 4.52 Å². The summed E-state index contributed by atoms with van der Waals surface area (Å²) in [6, 6.07) is 11.9. The van der Waals surface area contributed by atoms with Crippen molar-refractivity contribution in [1.29, 1.82) is 0 Å². The number of nitrogens with zero attached hydrogens (tertiary/aromatic N) is 1. The Bertz CT molecular complexity index is 593. The van der Waals surface area contributed by atoms with Crippen molar-refractivity contribution in [3.63, 3.8) is 0 Å². The minimum absolute atomic E-state index is 0.0390. The smallest absolute Gasteiger partial charge is 0.226 e. The molecule has 21 heavy (non-hydrogen) atoms. The third-order valence-corrected chi connectivity index (χ3v) is 3.61. The average molecular weight is 302 g/mol. The standard InChI is InChI=1S/C16H18N2O2S/c1-13-12-15(18-20-13)17-16(19)9-11-21-10-5-8-14-6-3-2-4-7-14/h2-8,12H,9-11H2,1H3,(H,17,18,19). The Kier molecular flexibility index (Phi) is 6.09. The van der Waals surface area contributed by atoms with Crippen LogP contribution in [0.25, 0.3) is 6.08 Å². The molecule has 1 N–H and O–H groups in total. The van der Waals surface area contributed by atoms with Crippen LogP contribution in [0.4, 0.5) is 5.82 Å². The molecule has 0 spiro atoms. The molecule has 0 radical (unpaired) electrons. The highest BCUT2D eigenvalue weighted by Gasteiger charge is 2.05. The second-order valence-corrected chi connectivity index (χ2v) is 5.66. The average Bonchev–Trinajstić information content (AvgIpc) is 2.89. The number of rotatable bonds is 7. The fourth-order valence-corrected chi connectivity index (χ4v) is 2.42. The zero-order valence-electron chi connectivity index (χ0n) is 11.9. The highest BCUT2D eigenvalue weighted by Crippen LogP contribution is 2.09. The van der Waals surface area contributed by atoms with Crippen molar-refractivity contribution in [3.8, 4) is 0 Å². The first-order chi connectivity index (χ1) is 10.2. The lowest BCUT2D eigenvalue weighted by atomic mass is 10.2. The van der Waals surface area contributed by atoms with Crippen molar-refractivity contribution in [2.45, 2.75) is 13.3 Å². The molecule has 1 heterocycles. The number of carbonyl (C=O) groups excluding carboxylic acids is 1. The van der Waals surface area contributed by atoms with Crippen molar-refractivity contribution in [3.05, 3.63) is 53.8 Å².